The monoisotopic (exact) mass is 438 g/mol. The average molecular weight is 439 g/mol. The number of hydrogen-bond donors (Lipinski definition) is 3. The van der Waals surface area contributed by atoms with E-state index in [4.69, 9.17) is 0 Å². The van der Waals surface area contributed by atoms with E-state index in [-0.39, 0.29) is 11.5 Å². The molecule has 33 heavy (non-hydrogen) atoms. The molecule has 4 rings (SSSR count). The summed E-state index contributed by atoms with van der Waals surface area (Å²) >= 11 is 0. The number of phenolic OH excluding ortho intramolecular Hbond substituents is 3. The van der Waals surface area contributed by atoms with Crippen LogP contribution in [0, 0.1) is 6.92 Å². The molecule has 0 aliphatic rings. The molecule has 4 aromatic carbocycles. The summed E-state index contributed by atoms with van der Waals surface area (Å²) in [4.78, 5) is 0. The number of benzene rings is 4. The minimum Gasteiger partial charge on any atom is -0.504 e. The van der Waals surface area contributed by atoms with Crippen molar-refractivity contribution in [3.8, 4) is 17.2 Å². The molecule has 0 radical (unpaired) electrons. The Morgan fingerprint density at radius 3 is 1.70 bits per heavy atom. The highest BCUT2D eigenvalue weighted by Gasteiger charge is 2.17. The van der Waals surface area contributed by atoms with E-state index in [1.165, 1.54) is 22.3 Å². The molecule has 3 nitrogen and oxygen atoms in total. The van der Waals surface area contributed by atoms with Crippen molar-refractivity contribution < 1.29 is 15.3 Å². The number of rotatable bonds is 8. The van der Waals surface area contributed by atoms with E-state index in [1.807, 2.05) is 24.3 Å². The van der Waals surface area contributed by atoms with Gasteiger partial charge in [0.15, 0.2) is 11.5 Å². The van der Waals surface area contributed by atoms with Gasteiger partial charge in [0.1, 0.15) is 0 Å². The second-order valence-electron chi connectivity index (χ2n) is 8.74. The highest BCUT2D eigenvalue weighted by Crippen LogP contribution is 2.41. The van der Waals surface area contributed by atoms with Crippen LogP contribution in [0.2, 0.25) is 0 Å². The zero-order chi connectivity index (χ0) is 23.2. The number of hydrogen-bond acceptors (Lipinski definition) is 3. The van der Waals surface area contributed by atoms with Gasteiger partial charge in [0.25, 0.3) is 0 Å². The van der Waals surface area contributed by atoms with Gasteiger partial charge in [0.2, 0.25) is 5.75 Å². The summed E-state index contributed by atoms with van der Waals surface area (Å²) < 4.78 is 0. The Hall–Kier alpha value is -3.72. The number of aromatic hydroxyl groups is 3. The van der Waals surface area contributed by atoms with Gasteiger partial charge in [-0.15, -0.1) is 0 Å². The van der Waals surface area contributed by atoms with E-state index < -0.39 is 5.75 Å². The van der Waals surface area contributed by atoms with Crippen LogP contribution < -0.4 is 0 Å². The fourth-order valence-corrected chi connectivity index (χ4v) is 4.15. The zero-order valence-corrected chi connectivity index (χ0v) is 19.0. The highest BCUT2D eigenvalue weighted by molar-refractivity contribution is 5.58. The van der Waals surface area contributed by atoms with Crippen LogP contribution in [0.5, 0.6) is 17.2 Å². The van der Waals surface area contributed by atoms with Crippen molar-refractivity contribution in [1.82, 2.24) is 0 Å². The van der Waals surface area contributed by atoms with Crippen LogP contribution in [0.1, 0.15) is 45.4 Å². The van der Waals surface area contributed by atoms with E-state index in [2.05, 4.69) is 67.6 Å². The molecular formula is C30H30O3. The summed E-state index contributed by atoms with van der Waals surface area (Å²) in [7, 11) is 0. The Balaban J connectivity index is 1.45. The summed E-state index contributed by atoms with van der Waals surface area (Å²) in [5.74, 6) is -0.904. The normalized spacial score (nSPS) is 10.9. The SMILES string of the molecule is Cc1ccc(Cc2ccc(Cc3cc(CCCc4ccccc4)c(O)c(O)c3O)cc2)cc1. The van der Waals surface area contributed by atoms with E-state index in [0.717, 1.165) is 24.8 Å². The third kappa shape index (κ3) is 5.75. The molecule has 0 bridgehead atoms. The summed E-state index contributed by atoms with van der Waals surface area (Å²) in [5.41, 5.74) is 7.31. The van der Waals surface area contributed by atoms with E-state index >= 15 is 0 Å². The fourth-order valence-electron chi connectivity index (χ4n) is 4.15. The van der Waals surface area contributed by atoms with Crippen LogP contribution in [-0.4, -0.2) is 15.3 Å². The smallest absolute Gasteiger partial charge is 0.200 e. The maximum atomic E-state index is 10.4. The Labute approximate surface area is 195 Å². The second-order valence-corrected chi connectivity index (χ2v) is 8.74. The molecule has 0 aliphatic carbocycles. The quantitative estimate of drug-likeness (QED) is 0.276. The molecule has 4 aromatic rings. The molecule has 0 fully saturated rings. The molecule has 0 aromatic heterocycles. The first-order chi connectivity index (χ1) is 16.0. The van der Waals surface area contributed by atoms with Crippen molar-refractivity contribution in [2.24, 2.45) is 0 Å². The lowest BCUT2D eigenvalue weighted by molar-refractivity contribution is 0.362. The summed E-state index contributed by atoms with van der Waals surface area (Å²) in [6.45, 7) is 2.09. The molecule has 0 atom stereocenters. The average Bonchev–Trinajstić information content (AvgIpc) is 2.84. The van der Waals surface area contributed by atoms with Crippen LogP contribution in [0.4, 0.5) is 0 Å². The van der Waals surface area contributed by atoms with Crippen LogP contribution in [0.3, 0.4) is 0 Å². The lowest BCUT2D eigenvalue weighted by atomic mass is 9.96. The van der Waals surface area contributed by atoms with Gasteiger partial charge in [-0.1, -0.05) is 84.4 Å². The van der Waals surface area contributed by atoms with Gasteiger partial charge in [-0.3, -0.25) is 0 Å². The maximum absolute atomic E-state index is 10.4. The van der Waals surface area contributed by atoms with Gasteiger partial charge in [0, 0.05) is 12.0 Å². The predicted molar refractivity (Wildman–Crippen MR) is 133 cm³/mol. The molecule has 0 saturated carbocycles. The van der Waals surface area contributed by atoms with E-state index in [1.54, 1.807) is 0 Å². The van der Waals surface area contributed by atoms with Gasteiger partial charge in [-0.25, -0.2) is 0 Å². The minimum absolute atomic E-state index is 0.224. The molecular weight excluding hydrogens is 408 g/mol. The van der Waals surface area contributed by atoms with Crippen molar-refractivity contribution in [3.05, 3.63) is 124 Å². The third-order valence-electron chi connectivity index (χ3n) is 6.11. The predicted octanol–water partition coefficient (Wildman–Crippen LogP) is 6.47. The second kappa shape index (κ2) is 10.3. The summed E-state index contributed by atoms with van der Waals surface area (Å²) in [6, 6.07) is 28.9. The van der Waals surface area contributed by atoms with Gasteiger partial charge in [0.05, 0.1) is 0 Å². The minimum atomic E-state index is -0.432. The molecule has 0 heterocycles. The van der Waals surface area contributed by atoms with Crippen molar-refractivity contribution in [1.29, 1.82) is 0 Å². The van der Waals surface area contributed by atoms with Gasteiger partial charge >= 0.3 is 0 Å². The molecule has 0 aliphatic heterocycles. The van der Waals surface area contributed by atoms with Crippen LogP contribution >= 0.6 is 0 Å². The van der Waals surface area contributed by atoms with E-state index in [9.17, 15) is 15.3 Å². The lowest BCUT2D eigenvalue weighted by Gasteiger charge is -2.13. The standard InChI is InChI=1S/C30H30O3/c1-21-10-12-23(13-11-21)18-24-14-16-25(17-15-24)19-27-20-26(28(31)30(33)29(27)32)9-5-8-22-6-3-2-4-7-22/h2-4,6-7,10-17,20,31-33H,5,8-9,18-19H2,1H3. The Morgan fingerprint density at radius 1 is 0.515 bits per heavy atom. The Kier molecular flexibility index (Phi) is 6.99. The lowest BCUT2D eigenvalue weighted by Crippen LogP contribution is -1.96. The molecule has 0 amide bonds. The first-order valence-electron chi connectivity index (χ1n) is 11.4. The molecule has 3 N–H and O–H groups in total. The van der Waals surface area contributed by atoms with Crippen LogP contribution in [0.15, 0.2) is 84.9 Å². The van der Waals surface area contributed by atoms with Crippen molar-refractivity contribution in [3.63, 3.8) is 0 Å². The van der Waals surface area contributed by atoms with Crippen LogP contribution in [0.25, 0.3) is 0 Å². The van der Waals surface area contributed by atoms with Gasteiger partial charge in [-0.2, -0.15) is 0 Å². The molecule has 0 unspecified atom stereocenters. The summed E-state index contributed by atoms with van der Waals surface area (Å²) in [6.07, 6.45) is 3.71. The number of aryl methyl sites for hydroxylation is 3. The topological polar surface area (TPSA) is 60.7 Å². The first-order valence-corrected chi connectivity index (χ1v) is 11.4. The highest BCUT2D eigenvalue weighted by atomic mass is 16.3. The first kappa shape index (κ1) is 22.5. The summed E-state index contributed by atoms with van der Waals surface area (Å²) in [5, 5.41) is 31.1. The van der Waals surface area contributed by atoms with E-state index in [0.29, 0.717) is 24.0 Å². The molecule has 3 heteroatoms. The maximum Gasteiger partial charge on any atom is 0.200 e. The van der Waals surface area contributed by atoms with Crippen LogP contribution in [-0.2, 0) is 25.7 Å². The van der Waals surface area contributed by atoms with Gasteiger partial charge in [-0.05, 0) is 66.5 Å². The number of phenols is 3. The van der Waals surface area contributed by atoms with Crippen molar-refractivity contribution >= 4 is 0 Å². The molecule has 168 valence electrons. The Morgan fingerprint density at radius 2 is 1.06 bits per heavy atom. The Bertz CT molecular complexity index is 1190. The van der Waals surface area contributed by atoms with Crippen molar-refractivity contribution in [2.45, 2.75) is 39.0 Å². The fraction of sp³-hybridized carbons (Fsp3) is 0.200. The molecule has 0 saturated heterocycles. The largest absolute Gasteiger partial charge is 0.504 e. The zero-order valence-electron chi connectivity index (χ0n) is 19.0. The molecule has 0 spiro atoms. The van der Waals surface area contributed by atoms with Gasteiger partial charge < -0.3 is 15.3 Å². The van der Waals surface area contributed by atoms with Crippen molar-refractivity contribution in [2.75, 3.05) is 0 Å². The third-order valence-corrected chi connectivity index (χ3v) is 6.11.